The first-order valence-electron chi connectivity index (χ1n) is 20.1. The molecule has 9 aromatic carbocycles. The summed E-state index contributed by atoms with van der Waals surface area (Å²) >= 11 is 0. The molecule has 1 aliphatic carbocycles. The number of aromatic nitrogens is 1. The minimum Gasteiger partial charge on any atom is -0.455 e. The minimum absolute atomic E-state index is 0.122. The molecule has 0 bridgehead atoms. The van der Waals surface area contributed by atoms with E-state index in [4.69, 9.17) is 4.42 Å². The highest BCUT2D eigenvalue weighted by atomic mass is 16.3. The van der Waals surface area contributed by atoms with Crippen LogP contribution in [0.15, 0.2) is 199 Å². The van der Waals surface area contributed by atoms with Crippen molar-refractivity contribution in [2.45, 2.75) is 19.3 Å². The molecule has 12 rings (SSSR count). The van der Waals surface area contributed by atoms with E-state index in [-0.39, 0.29) is 5.41 Å². The van der Waals surface area contributed by atoms with Gasteiger partial charge < -0.3 is 13.9 Å². The van der Waals surface area contributed by atoms with Gasteiger partial charge in [-0.1, -0.05) is 135 Å². The molecule has 0 atom stereocenters. The van der Waals surface area contributed by atoms with Crippen LogP contribution in [-0.2, 0) is 5.41 Å². The van der Waals surface area contributed by atoms with E-state index in [1.807, 2.05) is 0 Å². The first-order valence-corrected chi connectivity index (χ1v) is 20.1. The molecule has 0 radical (unpaired) electrons. The number of hydrogen-bond acceptors (Lipinski definition) is 2. The predicted octanol–water partition coefficient (Wildman–Crippen LogP) is 15.3. The topological polar surface area (TPSA) is 21.3 Å². The van der Waals surface area contributed by atoms with Gasteiger partial charge in [0, 0.05) is 61.2 Å². The van der Waals surface area contributed by atoms with Crippen LogP contribution in [0.25, 0.3) is 82.5 Å². The molecule has 0 amide bonds. The fourth-order valence-corrected chi connectivity index (χ4v) is 9.74. The standard InChI is InChI=1S/C55H38N2O/c1-55(2)49-19-8-5-16-43(49)44-30-27-40(33-50(44)55)56(41-28-31-47-48-29-24-36-12-3-4-15-42(36)54(48)58-53(47)34-41)38-25-22-35(23-26-38)37-13-11-14-39(32-37)57-51-20-9-6-17-45(51)46-18-7-10-21-52(46)57/h3-34H,1-2H3. The normalized spacial score (nSPS) is 13.1. The fourth-order valence-electron chi connectivity index (χ4n) is 9.74. The van der Waals surface area contributed by atoms with Crippen molar-refractivity contribution in [2.75, 3.05) is 4.90 Å². The molecule has 0 aliphatic heterocycles. The van der Waals surface area contributed by atoms with Crippen LogP contribution in [0.5, 0.6) is 0 Å². The minimum atomic E-state index is -0.122. The molecule has 0 saturated heterocycles. The molecule has 2 heterocycles. The maximum Gasteiger partial charge on any atom is 0.143 e. The van der Waals surface area contributed by atoms with Crippen molar-refractivity contribution in [2.24, 2.45) is 0 Å². The van der Waals surface area contributed by atoms with Gasteiger partial charge in [-0.2, -0.15) is 0 Å². The number of furan rings is 1. The molecule has 0 spiro atoms. The van der Waals surface area contributed by atoms with E-state index < -0.39 is 0 Å². The molecule has 274 valence electrons. The summed E-state index contributed by atoms with van der Waals surface area (Å²) in [5.74, 6) is 0. The van der Waals surface area contributed by atoms with Crippen LogP contribution < -0.4 is 4.90 Å². The Hall–Kier alpha value is -7.36. The van der Waals surface area contributed by atoms with Gasteiger partial charge in [-0.15, -0.1) is 0 Å². The third kappa shape index (κ3) is 4.80. The van der Waals surface area contributed by atoms with Gasteiger partial charge in [0.2, 0.25) is 0 Å². The number of para-hydroxylation sites is 2. The van der Waals surface area contributed by atoms with Crippen LogP contribution in [0.4, 0.5) is 17.1 Å². The lowest BCUT2D eigenvalue weighted by Crippen LogP contribution is -2.16. The van der Waals surface area contributed by atoms with Crippen molar-refractivity contribution in [3.05, 3.63) is 205 Å². The van der Waals surface area contributed by atoms with E-state index in [1.165, 1.54) is 55.0 Å². The van der Waals surface area contributed by atoms with Gasteiger partial charge in [0.1, 0.15) is 11.2 Å². The summed E-state index contributed by atoms with van der Waals surface area (Å²) in [6.45, 7) is 4.69. The molecule has 2 aromatic heterocycles. The SMILES string of the molecule is CC1(C)c2ccccc2-c2ccc(N(c3ccc(-c4cccc(-n5c6ccccc6c6ccccc65)c4)cc3)c3ccc4c(c3)oc3c5ccccc5ccc43)cc21. The second kappa shape index (κ2) is 12.3. The average molecular weight is 743 g/mol. The Labute approximate surface area is 336 Å². The monoisotopic (exact) mass is 742 g/mol. The van der Waals surface area contributed by atoms with E-state index >= 15 is 0 Å². The van der Waals surface area contributed by atoms with Gasteiger partial charge >= 0.3 is 0 Å². The van der Waals surface area contributed by atoms with Crippen LogP contribution in [0, 0.1) is 0 Å². The molecule has 58 heavy (non-hydrogen) atoms. The lowest BCUT2D eigenvalue weighted by Gasteiger charge is -2.28. The third-order valence-electron chi connectivity index (χ3n) is 12.6. The Morgan fingerprint density at radius 1 is 0.431 bits per heavy atom. The zero-order chi connectivity index (χ0) is 38.5. The van der Waals surface area contributed by atoms with Gasteiger partial charge in [0.25, 0.3) is 0 Å². The first kappa shape index (κ1) is 32.8. The molecular weight excluding hydrogens is 705 g/mol. The highest BCUT2D eigenvalue weighted by Gasteiger charge is 2.35. The summed E-state index contributed by atoms with van der Waals surface area (Å²) in [6.07, 6.45) is 0. The number of nitrogens with zero attached hydrogens (tertiary/aromatic N) is 2. The van der Waals surface area contributed by atoms with Crippen LogP contribution in [0.1, 0.15) is 25.0 Å². The van der Waals surface area contributed by atoms with Crippen molar-refractivity contribution >= 4 is 71.6 Å². The Morgan fingerprint density at radius 2 is 1.07 bits per heavy atom. The van der Waals surface area contributed by atoms with E-state index in [0.717, 1.165) is 55.6 Å². The predicted molar refractivity (Wildman–Crippen MR) is 243 cm³/mol. The second-order valence-electron chi connectivity index (χ2n) is 16.1. The van der Waals surface area contributed by atoms with E-state index in [9.17, 15) is 0 Å². The van der Waals surface area contributed by atoms with E-state index in [0.29, 0.717) is 0 Å². The highest BCUT2D eigenvalue weighted by molar-refractivity contribution is 6.15. The van der Waals surface area contributed by atoms with Gasteiger partial charge in [0.15, 0.2) is 0 Å². The summed E-state index contributed by atoms with van der Waals surface area (Å²) in [7, 11) is 0. The quantitative estimate of drug-likeness (QED) is 0.175. The van der Waals surface area contributed by atoms with Crippen molar-refractivity contribution in [3.63, 3.8) is 0 Å². The Balaban J connectivity index is 0.992. The molecule has 0 N–H and O–H groups in total. The molecule has 0 unspecified atom stereocenters. The molecular formula is C55H38N2O. The fraction of sp³-hybridized carbons (Fsp3) is 0.0545. The van der Waals surface area contributed by atoms with Gasteiger partial charge in [-0.3, -0.25) is 0 Å². The van der Waals surface area contributed by atoms with Gasteiger partial charge in [-0.05, 0) is 105 Å². The van der Waals surface area contributed by atoms with E-state index in [2.05, 4.69) is 217 Å². The van der Waals surface area contributed by atoms with Gasteiger partial charge in [-0.25, -0.2) is 0 Å². The molecule has 11 aromatic rings. The Bertz CT molecular complexity index is 3380. The van der Waals surface area contributed by atoms with Crippen molar-refractivity contribution in [1.29, 1.82) is 0 Å². The van der Waals surface area contributed by atoms with Crippen molar-refractivity contribution in [3.8, 4) is 27.9 Å². The first-order chi connectivity index (χ1) is 28.5. The second-order valence-corrected chi connectivity index (χ2v) is 16.1. The van der Waals surface area contributed by atoms with Crippen LogP contribution in [0.3, 0.4) is 0 Å². The molecule has 1 aliphatic rings. The lowest BCUT2D eigenvalue weighted by atomic mass is 9.82. The van der Waals surface area contributed by atoms with Crippen molar-refractivity contribution < 1.29 is 4.42 Å². The summed E-state index contributed by atoms with van der Waals surface area (Å²) in [4.78, 5) is 2.38. The third-order valence-corrected chi connectivity index (χ3v) is 12.6. The smallest absolute Gasteiger partial charge is 0.143 e. The average Bonchev–Trinajstić information content (AvgIpc) is 3.89. The number of hydrogen-bond donors (Lipinski definition) is 0. The molecule has 3 nitrogen and oxygen atoms in total. The zero-order valence-corrected chi connectivity index (χ0v) is 32.3. The maximum atomic E-state index is 6.72. The summed E-state index contributed by atoms with van der Waals surface area (Å²) in [5, 5.41) is 7.10. The Kier molecular flexibility index (Phi) is 6.98. The number of benzene rings is 9. The van der Waals surface area contributed by atoms with Crippen molar-refractivity contribution in [1.82, 2.24) is 4.57 Å². The van der Waals surface area contributed by atoms with E-state index in [1.54, 1.807) is 0 Å². The highest BCUT2D eigenvalue weighted by Crippen LogP contribution is 2.51. The molecule has 0 saturated carbocycles. The maximum absolute atomic E-state index is 6.72. The summed E-state index contributed by atoms with van der Waals surface area (Å²) in [5.41, 5.74) is 16.2. The number of rotatable bonds is 5. The summed E-state index contributed by atoms with van der Waals surface area (Å²) < 4.78 is 9.11. The van der Waals surface area contributed by atoms with Crippen LogP contribution in [0.2, 0.25) is 0 Å². The number of anilines is 3. The van der Waals surface area contributed by atoms with Crippen LogP contribution >= 0.6 is 0 Å². The van der Waals surface area contributed by atoms with Gasteiger partial charge in [0.05, 0.1) is 11.0 Å². The van der Waals surface area contributed by atoms with Crippen LogP contribution in [-0.4, -0.2) is 4.57 Å². The zero-order valence-electron chi connectivity index (χ0n) is 32.3. The largest absolute Gasteiger partial charge is 0.455 e. The summed E-state index contributed by atoms with van der Waals surface area (Å²) in [6, 6.07) is 70.6. The molecule has 3 heteroatoms. The number of fused-ring (bicyclic) bond motifs is 11. The Morgan fingerprint density at radius 3 is 1.88 bits per heavy atom. The molecule has 0 fully saturated rings. The lowest BCUT2D eigenvalue weighted by molar-refractivity contribution is 0.660.